The molecule has 90 valence electrons. The van der Waals surface area contributed by atoms with E-state index in [1.165, 1.54) is 0 Å². The zero-order valence-corrected chi connectivity index (χ0v) is 10.1. The summed E-state index contributed by atoms with van der Waals surface area (Å²) in [4.78, 5) is 11.3. The van der Waals surface area contributed by atoms with Crippen molar-refractivity contribution in [3.8, 4) is 12.3 Å². The van der Waals surface area contributed by atoms with Gasteiger partial charge in [-0.2, -0.15) is 0 Å². The molecule has 0 atom stereocenters. The van der Waals surface area contributed by atoms with Gasteiger partial charge in [0.05, 0.1) is 0 Å². The molecule has 1 aliphatic rings. The van der Waals surface area contributed by atoms with Gasteiger partial charge in [-0.15, -0.1) is 6.42 Å². The number of hydrogen-bond donors (Lipinski definition) is 0. The fourth-order valence-electron chi connectivity index (χ4n) is 1.78. The minimum atomic E-state index is 0.104. The van der Waals surface area contributed by atoms with Crippen LogP contribution < -0.4 is 0 Å². The second-order valence-electron chi connectivity index (χ2n) is 4.10. The highest BCUT2D eigenvalue weighted by Crippen LogP contribution is 2.20. The molecular formula is C16H14O2. The largest absolute Gasteiger partial charge is 0.453 e. The normalized spacial score (nSPS) is 15.8. The average Bonchev–Trinajstić information content (AvgIpc) is 2.39. The zero-order chi connectivity index (χ0) is 12.8. The molecular weight excluding hydrogens is 224 g/mol. The SMILES string of the molecule is C#C/C(=C\c1ccccc1)OC1=CC(=O)CCC1. The van der Waals surface area contributed by atoms with Gasteiger partial charge >= 0.3 is 0 Å². The third kappa shape index (κ3) is 3.36. The van der Waals surface area contributed by atoms with Gasteiger partial charge in [-0.1, -0.05) is 30.3 Å². The third-order valence-electron chi connectivity index (χ3n) is 2.65. The Labute approximate surface area is 107 Å². The number of ether oxygens (including phenoxy) is 1. The van der Waals surface area contributed by atoms with Gasteiger partial charge in [0, 0.05) is 18.9 Å². The first kappa shape index (κ1) is 12.2. The number of carbonyl (C=O) groups is 1. The average molecular weight is 238 g/mol. The molecule has 0 aliphatic heterocycles. The topological polar surface area (TPSA) is 26.3 Å². The van der Waals surface area contributed by atoms with Crippen LogP contribution in [0.1, 0.15) is 24.8 Å². The number of ketones is 1. The van der Waals surface area contributed by atoms with Crippen LogP contribution in [0.5, 0.6) is 0 Å². The Kier molecular flexibility index (Phi) is 3.98. The molecule has 0 saturated heterocycles. The van der Waals surface area contributed by atoms with E-state index in [1.54, 1.807) is 12.2 Å². The number of benzene rings is 1. The number of hydrogen-bond acceptors (Lipinski definition) is 2. The van der Waals surface area contributed by atoms with E-state index in [-0.39, 0.29) is 5.78 Å². The minimum Gasteiger partial charge on any atom is -0.453 e. The molecule has 1 aromatic rings. The first-order valence-electron chi connectivity index (χ1n) is 5.92. The maximum Gasteiger partial charge on any atom is 0.177 e. The van der Waals surface area contributed by atoms with Crippen LogP contribution in [0.4, 0.5) is 0 Å². The van der Waals surface area contributed by atoms with Crippen LogP contribution in [0.15, 0.2) is 47.9 Å². The standard InChI is InChI=1S/C16H14O2/c1-2-15(11-13-7-4-3-5-8-13)18-16-10-6-9-14(17)12-16/h1,3-5,7-8,11-12H,6,9-10H2/b15-11+. The van der Waals surface area contributed by atoms with Crippen molar-refractivity contribution < 1.29 is 9.53 Å². The van der Waals surface area contributed by atoms with E-state index in [9.17, 15) is 4.79 Å². The monoisotopic (exact) mass is 238 g/mol. The van der Waals surface area contributed by atoms with E-state index in [0.29, 0.717) is 17.9 Å². The Morgan fingerprint density at radius 1 is 1.28 bits per heavy atom. The highest BCUT2D eigenvalue weighted by atomic mass is 16.5. The summed E-state index contributed by atoms with van der Waals surface area (Å²) in [6.45, 7) is 0. The second-order valence-corrected chi connectivity index (χ2v) is 4.10. The molecule has 18 heavy (non-hydrogen) atoms. The van der Waals surface area contributed by atoms with Gasteiger partial charge in [0.25, 0.3) is 0 Å². The van der Waals surface area contributed by atoms with Crippen LogP contribution in [-0.4, -0.2) is 5.78 Å². The zero-order valence-electron chi connectivity index (χ0n) is 10.1. The molecule has 2 rings (SSSR count). The fraction of sp³-hybridized carbons (Fsp3) is 0.188. The van der Waals surface area contributed by atoms with Crippen molar-refractivity contribution in [2.45, 2.75) is 19.3 Å². The predicted molar refractivity (Wildman–Crippen MR) is 71.3 cm³/mol. The van der Waals surface area contributed by atoms with Crippen LogP contribution in [-0.2, 0) is 9.53 Å². The minimum absolute atomic E-state index is 0.104. The third-order valence-corrected chi connectivity index (χ3v) is 2.65. The number of carbonyl (C=O) groups excluding carboxylic acids is 1. The fourth-order valence-corrected chi connectivity index (χ4v) is 1.78. The van der Waals surface area contributed by atoms with Crippen molar-refractivity contribution in [3.05, 3.63) is 53.5 Å². The second kappa shape index (κ2) is 5.88. The lowest BCUT2D eigenvalue weighted by Crippen LogP contribution is -2.04. The molecule has 1 aliphatic carbocycles. The predicted octanol–water partition coefficient (Wildman–Crippen LogP) is 3.31. The van der Waals surface area contributed by atoms with Crippen LogP contribution in [0.2, 0.25) is 0 Å². The smallest absolute Gasteiger partial charge is 0.177 e. The van der Waals surface area contributed by atoms with Crippen molar-refractivity contribution in [1.29, 1.82) is 0 Å². The van der Waals surface area contributed by atoms with E-state index in [1.807, 2.05) is 30.3 Å². The van der Waals surface area contributed by atoms with Gasteiger partial charge in [-0.25, -0.2) is 0 Å². The van der Waals surface area contributed by atoms with E-state index >= 15 is 0 Å². The summed E-state index contributed by atoms with van der Waals surface area (Å²) in [5.41, 5.74) is 0.980. The van der Waals surface area contributed by atoms with Crippen molar-refractivity contribution in [3.63, 3.8) is 0 Å². The van der Waals surface area contributed by atoms with E-state index in [4.69, 9.17) is 11.2 Å². The van der Waals surface area contributed by atoms with E-state index in [2.05, 4.69) is 5.92 Å². The molecule has 0 saturated carbocycles. The Balaban J connectivity index is 2.13. The molecule has 2 heteroatoms. The van der Waals surface area contributed by atoms with Crippen LogP contribution in [0.25, 0.3) is 6.08 Å². The van der Waals surface area contributed by atoms with Crippen molar-refractivity contribution in [1.82, 2.24) is 0 Å². The summed E-state index contributed by atoms with van der Waals surface area (Å²) < 4.78 is 5.58. The molecule has 0 radical (unpaired) electrons. The number of terminal acetylenes is 1. The molecule has 0 spiro atoms. The summed E-state index contributed by atoms with van der Waals surface area (Å²) in [5, 5.41) is 0. The van der Waals surface area contributed by atoms with E-state index in [0.717, 1.165) is 18.4 Å². The molecule has 0 heterocycles. The molecule has 0 N–H and O–H groups in total. The van der Waals surface area contributed by atoms with Crippen LogP contribution >= 0.6 is 0 Å². The lowest BCUT2D eigenvalue weighted by atomic mass is 10.1. The maximum atomic E-state index is 11.3. The van der Waals surface area contributed by atoms with Gasteiger partial charge in [-0.3, -0.25) is 4.79 Å². The van der Waals surface area contributed by atoms with Crippen molar-refractivity contribution in [2.24, 2.45) is 0 Å². The molecule has 0 amide bonds. The summed E-state index contributed by atoms with van der Waals surface area (Å²) in [7, 11) is 0. The molecule has 0 aromatic heterocycles. The Morgan fingerprint density at radius 3 is 2.72 bits per heavy atom. The molecule has 0 unspecified atom stereocenters. The maximum absolute atomic E-state index is 11.3. The summed E-state index contributed by atoms with van der Waals surface area (Å²) >= 11 is 0. The van der Waals surface area contributed by atoms with E-state index < -0.39 is 0 Å². The summed E-state index contributed by atoms with van der Waals surface area (Å²) in [6.07, 6.45) is 10.9. The Morgan fingerprint density at radius 2 is 2.06 bits per heavy atom. The summed E-state index contributed by atoms with van der Waals surface area (Å²) in [5.74, 6) is 3.69. The molecule has 2 nitrogen and oxygen atoms in total. The van der Waals surface area contributed by atoms with Gasteiger partial charge in [0.15, 0.2) is 11.5 Å². The highest BCUT2D eigenvalue weighted by Gasteiger charge is 2.11. The summed E-state index contributed by atoms with van der Waals surface area (Å²) in [6, 6.07) is 9.70. The highest BCUT2D eigenvalue weighted by molar-refractivity contribution is 5.90. The Bertz CT molecular complexity index is 530. The molecule has 1 aromatic carbocycles. The van der Waals surface area contributed by atoms with Gasteiger partial charge in [0.2, 0.25) is 0 Å². The van der Waals surface area contributed by atoms with Gasteiger partial charge in [-0.05, 0) is 24.0 Å². The van der Waals surface area contributed by atoms with Crippen LogP contribution in [0, 0.1) is 12.3 Å². The van der Waals surface area contributed by atoms with Crippen molar-refractivity contribution in [2.75, 3.05) is 0 Å². The first-order chi connectivity index (χ1) is 8.78. The Hall–Kier alpha value is -2.27. The lowest BCUT2D eigenvalue weighted by Gasteiger charge is -2.12. The quantitative estimate of drug-likeness (QED) is 0.596. The molecule has 0 fully saturated rings. The number of rotatable bonds is 3. The van der Waals surface area contributed by atoms with Gasteiger partial charge in [0.1, 0.15) is 5.76 Å². The van der Waals surface area contributed by atoms with Crippen molar-refractivity contribution >= 4 is 11.9 Å². The number of allylic oxidation sites excluding steroid dienone is 3. The van der Waals surface area contributed by atoms with Gasteiger partial charge < -0.3 is 4.74 Å². The first-order valence-corrected chi connectivity index (χ1v) is 5.92. The molecule has 0 bridgehead atoms. The lowest BCUT2D eigenvalue weighted by molar-refractivity contribution is -0.115. The van der Waals surface area contributed by atoms with Crippen LogP contribution in [0.3, 0.4) is 0 Å².